The molecule has 0 aliphatic heterocycles. The number of nitrogens with zero attached hydrogens (tertiary/aromatic N) is 1. The molecule has 0 saturated carbocycles. The van der Waals surface area contributed by atoms with Gasteiger partial charge in [-0.05, 0) is 19.1 Å². The summed E-state index contributed by atoms with van der Waals surface area (Å²) in [6, 6.07) is 5.15. The van der Waals surface area contributed by atoms with Crippen LogP contribution in [0, 0.1) is 10.1 Å². The highest BCUT2D eigenvalue weighted by Gasteiger charge is 2.11. The molecule has 0 unspecified atom stereocenters. The average Bonchev–Trinajstić information content (AvgIpc) is 2.51. The molecule has 3 amide bonds. The van der Waals surface area contributed by atoms with Crippen LogP contribution in [0.4, 0.5) is 10.5 Å². The zero-order valence-corrected chi connectivity index (χ0v) is 12.3. The molecule has 0 aliphatic rings. The van der Waals surface area contributed by atoms with Gasteiger partial charge >= 0.3 is 12.0 Å². The van der Waals surface area contributed by atoms with Gasteiger partial charge in [-0.15, -0.1) is 0 Å². The minimum Gasteiger partial charge on any atom is -0.452 e. The Balaban J connectivity index is 2.53. The molecule has 0 aromatic heterocycles. The second kappa shape index (κ2) is 8.93. The number of nitro benzene ring substituents is 1. The second-order valence-corrected chi connectivity index (χ2v) is 4.16. The van der Waals surface area contributed by atoms with Crippen molar-refractivity contribution in [3.63, 3.8) is 0 Å². The van der Waals surface area contributed by atoms with Crippen LogP contribution in [-0.2, 0) is 14.3 Å². The monoisotopic (exact) mass is 321 g/mol. The summed E-state index contributed by atoms with van der Waals surface area (Å²) in [5.41, 5.74) is 0.0618. The summed E-state index contributed by atoms with van der Waals surface area (Å²) in [7, 11) is 0. The number of urea groups is 1. The van der Waals surface area contributed by atoms with E-state index in [1.807, 2.05) is 5.32 Å². The van der Waals surface area contributed by atoms with Crippen molar-refractivity contribution in [3.05, 3.63) is 46.0 Å². The number of imide groups is 1. The van der Waals surface area contributed by atoms with E-state index in [9.17, 15) is 24.5 Å². The minimum absolute atomic E-state index is 0.162. The first kappa shape index (κ1) is 17.8. The number of hydrogen-bond donors (Lipinski definition) is 2. The van der Waals surface area contributed by atoms with Gasteiger partial charge in [-0.25, -0.2) is 9.59 Å². The van der Waals surface area contributed by atoms with Crippen LogP contribution in [0.2, 0.25) is 0 Å². The van der Waals surface area contributed by atoms with Crippen molar-refractivity contribution in [1.82, 2.24) is 10.6 Å². The Bertz CT molecular complexity index is 641. The number of carbonyl (C=O) groups is 3. The van der Waals surface area contributed by atoms with Crippen LogP contribution in [0.25, 0.3) is 6.08 Å². The third-order valence-corrected chi connectivity index (χ3v) is 2.47. The topological polar surface area (TPSA) is 128 Å². The van der Waals surface area contributed by atoms with Crippen molar-refractivity contribution in [3.8, 4) is 0 Å². The Hall–Kier alpha value is -3.23. The fraction of sp³-hybridized carbons (Fsp3) is 0.214. The summed E-state index contributed by atoms with van der Waals surface area (Å²) in [4.78, 5) is 44.0. The molecule has 9 nitrogen and oxygen atoms in total. The first-order valence-electron chi connectivity index (χ1n) is 6.60. The largest absolute Gasteiger partial charge is 0.452 e. The van der Waals surface area contributed by atoms with Gasteiger partial charge in [0.15, 0.2) is 6.61 Å². The molecular weight excluding hydrogens is 306 g/mol. The lowest BCUT2D eigenvalue weighted by Crippen LogP contribution is -2.41. The Kier molecular flexibility index (Phi) is 6.92. The predicted molar refractivity (Wildman–Crippen MR) is 80.3 cm³/mol. The number of rotatable bonds is 6. The average molecular weight is 321 g/mol. The summed E-state index contributed by atoms with van der Waals surface area (Å²) >= 11 is 0. The summed E-state index contributed by atoms with van der Waals surface area (Å²) in [5.74, 6) is -1.66. The molecule has 1 aromatic carbocycles. The predicted octanol–water partition coefficient (Wildman–Crippen LogP) is 0.997. The van der Waals surface area contributed by atoms with Crippen LogP contribution in [0.5, 0.6) is 0 Å². The first-order valence-corrected chi connectivity index (χ1v) is 6.60. The number of para-hydroxylation sites is 1. The van der Waals surface area contributed by atoms with Gasteiger partial charge in [-0.1, -0.05) is 12.1 Å². The third-order valence-electron chi connectivity index (χ3n) is 2.47. The maximum Gasteiger partial charge on any atom is 0.331 e. The highest BCUT2D eigenvalue weighted by atomic mass is 16.6. The molecule has 0 bridgehead atoms. The molecule has 0 atom stereocenters. The van der Waals surface area contributed by atoms with Crippen molar-refractivity contribution in [2.45, 2.75) is 6.92 Å². The molecule has 2 N–H and O–H groups in total. The number of carbonyl (C=O) groups excluding carboxylic acids is 3. The third kappa shape index (κ3) is 6.38. The highest BCUT2D eigenvalue weighted by molar-refractivity contribution is 5.96. The smallest absolute Gasteiger partial charge is 0.331 e. The van der Waals surface area contributed by atoms with Gasteiger partial charge in [-0.2, -0.15) is 0 Å². The van der Waals surface area contributed by atoms with Crippen molar-refractivity contribution < 1.29 is 24.0 Å². The van der Waals surface area contributed by atoms with Gasteiger partial charge in [0.1, 0.15) is 0 Å². The molecule has 9 heteroatoms. The molecule has 1 aromatic rings. The Morgan fingerprint density at radius 1 is 1.30 bits per heavy atom. The molecule has 1 rings (SSSR count). The van der Waals surface area contributed by atoms with Crippen LogP contribution >= 0.6 is 0 Å². The molecule has 0 aliphatic carbocycles. The van der Waals surface area contributed by atoms with E-state index in [1.54, 1.807) is 13.0 Å². The molecule has 0 radical (unpaired) electrons. The Morgan fingerprint density at radius 2 is 2.00 bits per heavy atom. The number of amides is 3. The zero-order valence-electron chi connectivity index (χ0n) is 12.3. The second-order valence-electron chi connectivity index (χ2n) is 4.16. The molecule has 122 valence electrons. The number of esters is 1. The first-order chi connectivity index (χ1) is 10.9. The molecule has 0 spiro atoms. The normalized spacial score (nSPS) is 10.1. The summed E-state index contributed by atoms with van der Waals surface area (Å²) in [5, 5.41) is 15.1. The van der Waals surface area contributed by atoms with Gasteiger partial charge in [0.25, 0.3) is 11.6 Å². The SMILES string of the molecule is CCNC(=O)NC(=O)COC(=O)/C=C/c1ccccc1[N+](=O)[O-]. The molecule has 0 heterocycles. The van der Waals surface area contributed by atoms with E-state index >= 15 is 0 Å². The van der Waals surface area contributed by atoms with Crippen LogP contribution in [-0.4, -0.2) is 36.0 Å². The molecule has 0 fully saturated rings. The van der Waals surface area contributed by atoms with Crippen molar-refractivity contribution in [1.29, 1.82) is 0 Å². The lowest BCUT2D eigenvalue weighted by atomic mass is 10.1. The van der Waals surface area contributed by atoms with Crippen molar-refractivity contribution in [2.24, 2.45) is 0 Å². The van der Waals surface area contributed by atoms with E-state index in [1.165, 1.54) is 24.3 Å². The standard InChI is InChI=1S/C14H15N3O6/c1-2-15-14(20)16-12(18)9-23-13(19)8-7-10-5-3-4-6-11(10)17(21)22/h3-8H,2,9H2,1H3,(H2,15,16,18,20)/b8-7+. The molecule has 0 saturated heterocycles. The Labute approximate surface area is 131 Å². The lowest BCUT2D eigenvalue weighted by Gasteiger charge is -2.04. The summed E-state index contributed by atoms with van der Waals surface area (Å²) in [6.45, 7) is 1.38. The highest BCUT2D eigenvalue weighted by Crippen LogP contribution is 2.18. The fourth-order valence-electron chi connectivity index (χ4n) is 1.50. The maximum atomic E-state index is 11.5. The van der Waals surface area contributed by atoms with Gasteiger partial charge in [0.05, 0.1) is 10.5 Å². The quantitative estimate of drug-likeness (QED) is 0.348. The van der Waals surface area contributed by atoms with E-state index in [2.05, 4.69) is 10.1 Å². The van der Waals surface area contributed by atoms with E-state index < -0.39 is 29.4 Å². The van der Waals surface area contributed by atoms with Crippen molar-refractivity contribution >= 4 is 29.7 Å². The number of hydrogen-bond acceptors (Lipinski definition) is 6. The molecular formula is C14H15N3O6. The number of benzene rings is 1. The molecule has 23 heavy (non-hydrogen) atoms. The van der Waals surface area contributed by atoms with E-state index in [0.29, 0.717) is 6.54 Å². The van der Waals surface area contributed by atoms with E-state index in [0.717, 1.165) is 6.08 Å². The van der Waals surface area contributed by atoms with Gasteiger partial charge in [-0.3, -0.25) is 20.2 Å². The number of nitrogens with one attached hydrogen (secondary N) is 2. The van der Waals surface area contributed by atoms with E-state index in [-0.39, 0.29) is 11.3 Å². The van der Waals surface area contributed by atoms with Crippen LogP contribution in [0.15, 0.2) is 30.3 Å². The van der Waals surface area contributed by atoms with Gasteiger partial charge in [0, 0.05) is 18.7 Å². The fourth-order valence-corrected chi connectivity index (χ4v) is 1.50. The number of nitro groups is 1. The summed E-state index contributed by atoms with van der Waals surface area (Å²) in [6.07, 6.45) is 2.17. The van der Waals surface area contributed by atoms with Crippen LogP contribution < -0.4 is 10.6 Å². The minimum atomic E-state index is -0.866. The van der Waals surface area contributed by atoms with Crippen LogP contribution in [0.1, 0.15) is 12.5 Å². The van der Waals surface area contributed by atoms with Gasteiger partial charge < -0.3 is 10.1 Å². The summed E-state index contributed by atoms with van der Waals surface area (Å²) < 4.78 is 4.62. The zero-order chi connectivity index (χ0) is 17.2. The van der Waals surface area contributed by atoms with Crippen molar-refractivity contribution in [2.75, 3.05) is 13.2 Å². The van der Waals surface area contributed by atoms with Crippen LogP contribution in [0.3, 0.4) is 0 Å². The van der Waals surface area contributed by atoms with Gasteiger partial charge in [0.2, 0.25) is 0 Å². The maximum absolute atomic E-state index is 11.5. The lowest BCUT2D eigenvalue weighted by molar-refractivity contribution is -0.385. The number of ether oxygens (including phenoxy) is 1. The Morgan fingerprint density at radius 3 is 2.65 bits per heavy atom. The van der Waals surface area contributed by atoms with E-state index in [4.69, 9.17) is 0 Å².